The number of esters is 3. The number of amides is 3. The molecule has 0 radical (unpaired) electrons. The van der Waals surface area contributed by atoms with Crippen LogP contribution in [0, 0.1) is 63.6 Å². The maximum atomic E-state index is 14.5. The van der Waals surface area contributed by atoms with E-state index in [9.17, 15) is 71.5 Å². The predicted octanol–water partition coefficient (Wildman–Crippen LogP) is 18.6. The zero-order valence-electron chi connectivity index (χ0n) is 87.9. The standard InChI is InChI=1S/2C37H51N2O9P.C36H49N2O9P/c2*1-8-26-19-37(26,49(43,44)47-9-2)20-31(40)30-17-27-21-39(30)35(42)29(36(4,5)6)18-33(41)46-22-23(3)11-10-12-25-15-28-24(16-32(25)45-7)13-14-38-34(28)48-27;1-7-25-20-36(25,48(42,43)46-8-2)21-30(39)29-18-26-22-38(29)34(41)28(35(3,4)5)19-32(40)45-15-11-9-10-12-24-16-27-23(17-31(24)44-6)13-14-37-33(27)47-26/h2*8,13-16,23,26-27,29-30H,1,9-12,17-22H2,2-7H3,(H,43,44);7,13-14,16-17,25-26,28-29H,1,8-12,15,18-22H2,2-6H3,(H,42,43)/t23-,26?,27+,29+,30-,37?;23-,26?,27-,29-,30+,37?;25?,26-,28-,29+,36?/m011/s1. The van der Waals surface area contributed by atoms with Gasteiger partial charge in [0.1, 0.15) is 35.6 Å². The van der Waals surface area contributed by atoms with Crippen molar-refractivity contribution in [3.8, 4) is 34.9 Å². The molecule has 33 nitrogen and oxygen atoms in total. The maximum absolute atomic E-state index is 14.5. The van der Waals surface area contributed by atoms with Crippen LogP contribution >= 0.6 is 22.8 Å². The zero-order valence-corrected chi connectivity index (χ0v) is 90.6. The van der Waals surface area contributed by atoms with Crippen LogP contribution in [0.1, 0.15) is 236 Å². The summed E-state index contributed by atoms with van der Waals surface area (Å²) in [6, 6.07) is 14.8. The number of hydrogen-bond donors (Lipinski definition) is 3. The Morgan fingerprint density at radius 3 is 0.993 bits per heavy atom. The second-order valence-electron chi connectivity index (χ2n) is 44.4. The molecular formula is C110H151N6O27P3. The molecule has 3 aliphatic carbocycles. The molecule has 6 aliphatic heterocycles. The number of carbonyl (C=O) groups excluding carboxylic acids is 9. The lowest BCUT2D eigenvalue weighted by Gasteiger charge is -2.35. The number of aryl methyl sites for hydroxylation is 3. The summed E-state index contributed by atoms with van der Waals surface area (Å²) in [5.74, 6) is -3.33. The molecule has 9 aliphatic rings. The van der Waals surface area contributed by atoms with Crippen molar-refractivity contribution in [2.24, 2.45) is 63.6 Å². The van der Waals surface area contributed by atoms with Crippen molar-refractivity contribution in [3.63, 3.8) is 0 Å². The first-order valence-corrected chi connectivity index (χ1v) is 56.4. The van der Waals surface area contributed by atoms with Gasteiger partial charge >= 0.3 is 40.7 Å². The Labute approximate surface area is 857 Å². The molecule has 9 heterocycles. The Bertz CT molecular complexity index is 5770. The van der Waals surface area contributed by atoms with Crippen LogP contribution in [0.15, 0.2) is 111 Å². The van der Waals surface area contributed by atoms with E-state index in [4.69, 9.17) is 56.2 Å². The number of carbonyl (C=O) groups is 9. The molecule has 36 heteroatoms. The quantitative estimate of drug-likeness (QED) is 0.0219. The van der Waals surface area contributed by atoms with Gasteiger partial charge in [0.25, 0.3) is 0 Å². The second-order valence-corrected chi connectivity index (χ2v) is 51.0. The number of ether oxygens (including phenoxy) is 9. The highest BCUT2D eigenvalue weighted by molar-refractivity contribution is 7.55. The molecule has 3 amide bonds. The number of hydrogen-bond acceptors (Lipinski definition) is 27. The van der Waals surface area contributed by atoms with Crippen molar-refractivity contribution >= 4 is 108 Å². The van der Waals surface area contributed by atoms with Crippen molar-refractivity contribution in [3.05, 3.63) is 128 Å². The van der Waals surface area contributed by atoms with Crippen LogP contribution in [0.5, 0.6) is 34.9 Å². The fourth-order valence-corrected chi connectivity index (χ4v) is 27.8. The van der Waals surface area contributed by atoms with Crippen molar-refractivity contribution in [2.45, 2.75) is 290 Å². The Morgan fingerprint density at radius 1 is 0.438 bits per heavy atom. The highest BCUT2D eigenvalue weighted by atomic mass is 31.2. The van der Waals surface area contributed by atoms with E-state index < -0.39 is 127 Å². The minimum atomic E-state index is -4.19. The van der Waals surface area contributed by atoms with Crippen LogP contribution in [0.2, 0.25) is 0 Å². The van der Waals surface area contributed by atoms with Crippen LogP contribution in [-0.4, -0.2) is 230 Å². The van der Waals surface area contributed by atoms with E-state index in [1.807, 2.05) is 131 Å². The summed E-state index contributed by atoms with van der Waals surface area (Å²) >= 11 is 0. The molecule has 9 unspecified atom stereocenters. The number of pyridine rings is 3. The summed E-state index contributed by atoms with van der Waals surface area (Å²) in [6.07, 6.45) is 16.0. The summed E-state index contributed by atoms with van der Waals surface area (Å²) in [5, 5.41) is 1.16. The van der Waals surface area contributed by atoms with Crippen LogP contribution in [0.4, 0.5) is 0 Å². The fraction of sp³-hybridized carbons (Fsp3) is 0.618. The largest absolute Gasteiger partial charge is 0.496 e. The number of benzene rings is 3. The number of fused-ring (bicyclic) bond motifs is 9. The molecule has 15 rings (SSSR count). The number of rotatable bonds is 24. The summed E-state index contributed by atoms with van der Waals surface area (Å²) in [4.78, 5) is 177. The normalized spacial score (nSPS) is 29.0. The lowest BCUT2D eigenvalue weighted by atomic mass is 9.77. The number of nitrogens with zero attached hydrogens (tertiary/aromatic N) is 6. The van der Waals surface area contributed by atoms with Gasteiger partial charge in [0.2, 0.25) is 35.4 Å². The first-order chi connectivity index (χ1) is 69.0. The number of aromatic nitrogens is 3. The van der Waals surface area contributed by atoms with Gasteiger partial charge in [-0.25, -0.2) is 15.0 Å². The van der Waals surface area contributed by atoms with Gasteiger partial charge in [-0.1, -0.05) is 94.4 Å². The van der Waals surface area contributed by atoms with Gasteiger partial charge in [-0.3, -0.25) is 56.8 Å². The molecule has 3 aromatic carbocycles. The third kappa shape index (κ3) is 25.4. The fourth-order valence-electron chi connectivity index (χ4n) is 22.1. The Kier molecular flexibility index (Phi) is 36.3. The summed E-state index contributed by atoms with van der Waals surface area (Å²) < 4.78 is 110. The summed E-state index contributed by atoms with van der Waals surface area (Å²) in [7, 11) is -7.64. The van der Waals surface area contributed by atoms with E-state index in [-0.39, 0.29) is 195 Å². The highest BCUT2D eigenvalue weighted by Gasteiger charge is 2.70. The molecule has 6 aromatic rings. The van der Waals surface area contributed by atoms with Gasteiger partial charge in [-0.15, -0.1) is 19.7 Å². The van der Waals surface area contributed by atoms with E-state index in [0.717, 1.165) is 124 Å². The monoisotopic (exact) mass is 2080 g/mol. The van der Waals surface area contributed by atoms with Crippen molar-refractivity contribution < 1.29 is 128 Å². The van der Waals surface area contributed by atoms with E-state index in [1.54, 1.807) is 78.9 Å². The molecule has 3 N–H and O–H groups in total. The number of ketones is 3. The molecular weight excluding hydrogens is 1930 g/mol. The third-order valence-corrected chi connectivity index (χ3v) is 38.2. The molecule has 6 fully saturated rings. The van der Waals surface area contributed by atoms with Crippen LogP contribution < -0.4 is 28.4 Å². The van der Waals surface area contributed by atoms with Gasteiger partial charge in [-0.2, -0.15) is 0 Å². The third-order valence-electron chi connectivity index (χ3n) is 31.0. The molecule has 146 heavy (non-hydrogen) atoms. The Balaban J connectivity index is 0.000000183. The van der Waals surface area contributed by atoms with Crippen molar-refractivity contribution in [1.29, 1.82) is 0 Å². The molecule has 3 saturated heterocycles. The zero-order chi connectivity index (χ0) is 106. The van der Waals surface area contributed by atoms with Gasteiger partial charge in [-0.05, 0) is 238 Å². The number of cyclic esters (lactones) is 3. The topological polar surface area (TPSA) is 425 Å². The average Bonchev–Trinajstić information content (AvgIpc) is 1.56. The van der Waals surface area contributed by atoms with Crippen LogP contribution in [0.3, 0.4) is 0 Å². The molecule has 798 valence electrons. The van der Waals surface area contributed by atoms with E-state index in [1.165, 1.54) is 14.7 Å². The first kappa shape index (κ1) is 113. The maximum Gasteiger partial charge on any atom is 0.335 e. The van der Waals surface area contributed by atoms with Gasteiger partial charge in [0, 0.05) is 73.3 Å². The lowest BCUT2D eigenvalue weighted by Crippen LogP contribution is -2.48. The van der Waals surface area contributed by atoms with E-state index >= 15 is 0 Å². The smallest absolute Gasteiger partial charge is 0.335 e. The summed E-state index contributed by atoms with van der Waals surface area (Å²) in [5.41, 5.74) is 1.09. The number of allylic oxidation sites excluding steroid dienone is 3. The highest BCUT2D eigenvalue weighted by Crippen LogP contribution is 2.76. The predicted molar refractivity (Wildman–Crippen MR) is 552 cm³/mol. The molecule has 20 atom stereocenters. The van der Waals surface area contributed by atoms with Crippen LogP contribution in [-0.2, 0) is 104 Å². The first-order valence-electron chi connectivity index (χ1n) is 51.6. The SMILES string of the molecule is C=CC1CC1(CC(=O)[C@@H]1C[C@@H]2CN1C(=O)[C@H](C(C)(C)C)CC(=O)OCCCCCc1cc3c(nccc3cc1OC)O2)P(=O)(O)OCC.C=CC1CC1(CC(=O)[C@@H]1C[C@@H]2CN1C(=O)[C@H](C(C)(C)C)CC(=O)OC[C@@H](C)CCCc1cc3c(nccc3cc1OC)O2)P(=O)(O)OCC.C=CC1CC1(CC(=O)[C@@H]1C[C@@H]2CN1C(=O)[C@H](C(C)(C)C)CC(=O)OC[C@H](C)CCCc1cc3c(nccc3cc1OC)O2)P(=O)(O)OCC. The molecule has 3 saturated carbocycles. The number of methoxy groups -OCH3 is 3. The van der Waals surface area contributed by atoms with E-state index in [2.05, 4.69) is 34.7 Å². The van der Waals surface area contributed by atoms with Crippen molar-refractivity contribution in [2.75, 3.05) is 80.6 Å². The Hall–Kier alpha value is -9.81. The van der Waals surface area contributed by atoms with Gasteiger partial charge < -0.3 is 85.6 Å². The minimum Gasteiger partial charge on any atom is -0.496 e. The molecule has 12 bridgehead atoms. The van der Waals surface area contributed by atoms with Gasteiger partial charge in [0.15, 0.2) is 17.3 Å². The van der Waals surface area contributed by atoms with Crippen LogP contribution in [0.25, 0.3) is 32.3 Å². The molecule has 3 aromatic heterocycles. The Morgan fingerprint density at radius 2 is 0.726 bits per heavy atom. The summed E-state index contributed by atoms with van der Waals surface area (Å²) in [6.45, 7) is 38.4. The number of Topliss-reactive ketones (excluding diaryl/α,β-unsaturated/α-hetero) is 3. The minimum absolute atomic E-state index is 0.0191. The second kappa shape index (κ2) is 46.8. The molecule has 0 spiro atoms. The lowest BCUT2D eigenvalue weighted by molar-refractivity contribution is -0.154. The average molecular weight is 2080 g/mol. The van der Waals surface area contributed by atoms with Crippen molar-refractivity contribution in [1.82, 2.24) is 29.7 Å². The van der Waals surface area contributed by atoms with Gasteiger partial charge in [0.05, 0.1) is 151 Å². The van der Waals surface area contributed by atoms with E-state index in [0.29, 0.717) is 30.5 Å².